The van der Waals surface area contributed by atoms with Crippen LogP contribution >= 0.6 is 11.6 Å². The lowest BCUT2D eigenvalue weighted by molar-refractivity contribution is -0.249. The van der Waals surface area contributed by atoms with Crippen molar-refractivity contribution < 1.29 is 41.0 Å². The third-order valence-corrected chi connectivity index (χ3v) is 10.1. The number of carbonyl (C=O) groups excluding carboxylic acids is 1. The molecule has 2 bridgehead atoms. The molecule has 3 unspecified atom stereocenters. The Hall–Kier alpha value is -2.18. The second kappa shape index (κ2) is 11.1. The number of fused-ring (bicyclic) bond motifs is 2. The smallest absolute Gasteiger partial charge is 0.255 e. The van der Waals surface area contributed by atoms with Gasteiger partial charge in [0.1, 0.15) is 5.60 Å². The molecule has 4 atom stereocenters. The largest absolute Gasteiger partial charge is 0.385 e. The number of sulfone groups is 1. The highest BCUT2D eigenvalue weighted by atomic mass is 35.5. The lowest BCUT2D eigenvalue weighted by Gasteiger charge is -2.44. The van der Waals surface area contributed by atoms with Crippen molar-refractivity contribution >= 4 is 33.0 Å². The summed E-state index contributed by atoms with van der Waals surface area (Å²) >= 11 is 6.29. The summed E-state index contributed by atoms with van der Waals surface area (Å²) in [5, 5.41) is 12.7. The van der Waals surface area contributed by atoms with E-state index in [9.17, 15) is 31.5 Å². The molecule has 0 heterocycles. The Morgan fingerprint density at radius 2 is 1.63 bits per heavy atom. The molecule has 0 spiro atoms. The van der Waals surface area contributed by atoms with Crippen LogP contribution in [0.2, 0.25) is 5.02 Å². The van der Waals surface area contributed by atoms with E-state index < -0.39 is 50.3 Å². The summed E-state index contributed by atoms with van der Waals surface area (Å²) in [4.78, 5) is 12.5. The second-order valence-corrected chi connectivity index (χ2v) is 12.2. The number of hydrogen-bond acceptors (Lipinski definition) is 6. The van der Waals surface area contributed by atoms with Crippen LogP contribution in [-0.2, 0) is 19.3 Å². The van der Waals surface area contributed by atoms with E-state index in [-0.39, 0.29) is 45.8 Å². The molecule has 2 saturated carbocycles. The number of halogens is 4. The Labute approximate surface area is 224 Å². The van der Waals surface area contributed by atoms with Gasteiger partial charge in [0.25, 0.3) is 5.91 Å². The second-order valence-electron chi connectivity index (χ2n) is 9.71. The fourth-order valence-corrected chi connectivity index (χ4v) is 8.61. The van der Waals surface area contributed by atoms with Crippen molar-refractivity contribution in [3.63, 3.8) is 0 Å². The summed E-state index contributed by atoms with van der Waals surface area (Å²) in [5.74, 6) is -6.27. The quantitative estimate of drug-likeness (QED) is 0.319. The molecule has 12 heteroatoms. The summed E-state index contributed by atoms with van der Waals surface area (Å²) in [7, 11) is -4.05. The molecule has 38 heavy (non-hydrogen) atoms. The van der Waals surface area contributed by atoms with Crippen molar-refractivity contribution in [2.45, 2.75) is 61.6 Å². The first-order valence-corrected chi connectivity index (χ1v) is 14.3. The van der Waals surface area contributed by atoms with Gasteiger partial charge in [0, 0.05) is 36.6 Å². The Bertz CT molecular complexity index is 1280. The first-order chi connectivity index (χ1) is 17.9. The average Bonchev–Trinajstić information content (AvgIpc) is 3.15. The minimum Gasteiger partial charge on any atom is -0.385 e. The van der Waals surface area contributed by atoms with Crippen LogP contribution in [0.5, 0.6) is 0 Å². The first-order valence-electron chi connectivity index (χ1n) is 12.4. The minimum atomic E-state index is -4.05. The highest BCUT2D eigenvalue weighted by Gasteiger charge is 2.57. The summed E-state index contributed by atoms with van der Waals surface area (Å²) in [5.41, 5.74) is -1.80. The van der Waals surface area contributed by atoms with E-state index in [4.69, 9.17) is 21.1 Å². The van der Waals surface area contributed by atoms with Gasteiger partial charge in [0.15, 0.2) is 33.6 Å². The monoisotopic (exact) mass is 575 g/mol. The van der Waals surface area contributed by atoms with Gasteiger partial charge in [-0.2, -0.15) is 0 Å². The number of rotatable bonds is 9. The van der Waals surface area contributed by atoms with Crippen LogP contribution in [0.3, 0.4) is 0 Å². The molecule has 2 fully saturated rings. The molecule has 2 aliphatic carbocycles. The molecule has 2 aliphatic rings. The molecule has 1 amide bonds. The maximum atomic E-state index is 13.9. The van der Waals surface area contributed by atoms with E-state index in [1.807, 2.05) is 0 Å². The van der Waals surface area contributed by atoms with Crippen LogP contribution in [0.15, 0.2) is 35.2 Å². The van der Waals surface area contributed by atoms with Gasteiger partial charge in [-0.1, -0.05) is 11.6 Å². The van der Waals surface area contributed by atoms with E-state index in [0.29, 0.717) is 38.2 Å². The fraction of sp³-hybridized carbons (Fsp3) is 0.500. The van der Waals surface area contributed by atoms with Gasteiger partial charge in [-0.3, -0.25) is 4.79 Å². The molecule has 0 aromatic heterocycles. The van der Waals surface area contributed by atoms with Gasteiger partial charge in [-0.15, -0.1) is 0 Å². The topological polar surface area (TPSA) is 102 Å². The molecular weight excluding hydrogens is 547 g/mol. The van der Waals surface area contributed by atoms with Crippen molar-refractivity contribution in [1.29, 1.82) is 0 Å². The Kier molecular flexibility index (Phi) is 8.44. The number of anilines is 1. The van der Waals surface area contributed by atoms with Crippen molar-refractivity contribution in [2.75, 3.05) is 18.5 Å². The lowest BCUT2D eigenvalue weighted by atomic mass is 9.76. The first kappa shape index (κ1) is 28.8. The zero-order valence-electron chi connectivity index (χ0n) is 20.8. The zero-order valence-corrected chi connectivity index (χ0v) is 22.4. The Balaban J connectivity index is 1.60. The normalized spacial score (nSPS) is 25.1. The van der Waals surface area contributed by atoms with Crippen LogP contribution in [0.4, 0.5) is 18.9 Å². The van der Waals surface area contributed by atoms with Gasteiger partial charge in [-0.05, 0) is 69.6 Å². The number of hydrogen-bond donors (Lipinski definition) is 2. The third-order valence-electron chi connectivity index (χ3n) is 7.24. The van der Waals surface area contributed by atoms with Gasteiger partial charge < -0.3 is 19.9 Å². The number of benzene rings is 2. The van der Waals surface area contributed by atoms with Gasteiger partial charge in [-0.25, -0.2) is 21.6 Å². The molecule has 208 valence electrons. The highest BCUT2D eigenvalue weighted by Crippen LogP contribution is 2.52. The van der Waals surface area contributed by atoms with E-state index >= 15 is 0 Å². The van der Waals surface area contributed by atoms with Gasteiger partial charge >= 0.3 is 0 Å². The summed E-state index contributed by atoms with van der Waals surface area (Å²) in [6.45, 7) is 4.22. The van der Waals surface area contributed by atoms with Gasteiger partial charge in [0.2, 0.25) is 0 Å². The van der Waals surface area contributed by atoms with Crippen LogP contribution in [0.25, 0.3) is 0 Å². The van der Waals surface area contributed by atoms with E-state index in [2.05, 4.69) is 5.32 Å². The van der Waals surface area contributed by atoms with Crippen LogP contribution in [0.1, 0.15) is 49.9 Å². The Morgan fingerprint density at radius 1 is 1.08 bits per heavy atom. The molecular formula is C26H29ClF3NO6S. The maximum absolute atomic E-state index is 13.9. The molecule has 0 aliphatic heterocycles. The van der Waals surface area contributed by atoms with Crippen LogP contribution < -0.4 is 5.32 Å². The maximum Gasteiger partial charge on any atom is 0.255 e. The summed E-state index contributed by atoms with van der Waals surface area (Å²) in [6.07, 6.45) is 0.624. The predicted octanol–water partition coefficient (Wildman–Crippen LogP) is 5.10. The molecule has 4 rings (SSSR count). The highest BCUT2D eigenvalue weighted by molar-refractivity contribution is 7.92. The summed E-state index contributed by atoms with van der Waals surface area (Å²) in [6, 6.07) is 4.88. The number of aliphatic hydroxyl groups is 1. The van der Waals surface area contributed by atoms with E-state index in [0.717, 1.165) is 6.07 Å². The Morgan fingerprint density at radius 3 is 2.16 bits per heavy atom. The zero-order chi connectivity index (χ0) is 27.8. The number of amides is 1. The molecule has 0 saturated heterocycles. The number of nitrogens with one attached hydrogen (secondary N) is 1. The van der Waals surface area contributed by atoms with Crippen molar-refractivity contribution in [1.82, 2.24) is 0 Å². The standard InChI is InChI=1S/C26H29ClF3NO6S/c1-3-36-25(37-4-2)26(33)12-15-5-6-16(13-26)23(15)38(34,35)21-9-14(7-8-18(21)27)24(32)31-17-10-19(28)22(30)20(29)11-17/h7-11,15-16,23,25,33H,3-6,12-13H2,1-2H3,(H,31,32)/t15-,16?,23?,26?/m0/s1. The fourth-order valence-electron chi connectivity index (χ4n) is 5.77. The minimum absolute atomic E-state index is 0.0813. The molecule has 2 N–H and O–H groups in total. The number of ether oxygens (including phenoxy) is 2. The predicted molar refractivity (Wildman–Crippen MR) is 134 cm³/mol. The average molecular weight is 576 g/mol. The molecule has 0 radical (unpaired) electrons. The molecule has 2 aromatic carbocycles. The third kappa shape index (κ3) is 5.44. The van der Waals surface area contributed by atoms with Crippen LogP contribution in [-0.4, -0.2) is 49.8 Å². The van der Waals surface area contributed by atoms with Crippen molar-refractivity contribution in [3.05, 3.63) is 58.4 Å². The van der Waals surface area contributed by atoms with Crippen molar-refractivity contribution in [3.8, 4) is 0 Å². The summed E-state index contributed by atoms with van der Waals surface area (Å²) < 4.78 is 79.3. The lowest BCUT2D eigenvalue weighted by Crippen LogP contribution is -2.54. The SMILES string of the molecule is CCOC(OCC)C1(O)CC2CC[C@@H](C1)C2S(=O)(=O)c1cc(C(=O)Nc2cc(F)c(F)c(F)c2)ccc1Cl. The molecule has 7 nitrogen and oxygen atoms in total. The van der Waals surface area contributed by atoms with Crippen LogP contribution in [0, 0.1) is 29.3 Å². The van der Waals surface area contributed by atoms with E-state index in [1.165, 1.54) is 12.1 Å². The molecule has 2 aromatic rings. The van der Waals surface area contributed by atoms with Crippen molar-refractivity contribution in [2.24, 2.45) is 11.8 Å². The van der Waals surface area contributed by atoms with E-state index in [1.54, 1.807) is 13.8 Å². The van der Waals surface area contributed by atoms with Gasteiger partial charge in [0.05, 0.1) is 15.2 Å². The number of carbonyl (C=O) groups is 1.